The van der Waals surface area contributed by atoms with Crippen molar-refractivity contribution in [2.75, 3.05) is 20.1 Å². The number of carbonyl (C=O) groups excluding carboxylic acids is 1. The molecule has 0 saturated heterocycles. The lowest BCUT2D eigenvalue weighted by molar-refractivity contribution is -0.130. The number of hydrogen-bond donors (Lipinski definition) is 1. The highest BCUT2D eigenvalue weighted by molar-refractivity contribution is 5.78. The molecular formula is C13H26N2O. The fourth-order valence-corrected chi connectivity index (χ4v) is 1.95. The number of rotatable bonds is 6. The summed E-state index contributed by atoms with van der Waals surface area (Å²) in [5.74, 6) is 0.910. The van der Waals surface area contributed by atoms with E-state index in [4.69, 9.17) is 0 Å². The molecule has 94 valence electrons. The van der Waals surface area contributed by atoms with Gasteiger partial charge < -0.3 is 10.2 Å². The monoisotopic (exact) mass is 226 g/mol. The second-order valence-electron chi connectivity index (χ2n) is 5.72. The molecule has 0 aromatic rings. The lowest BCUT2D eigenvalue weighted by atomic mass is 9.92. The Morgan fingerprint density at radius 3 is 2.25 bits per heavy atom. The molecule has 0 radical (unpaired) electrons. The van der Waals surface area contributed by atoms with Crippen molar-refractivity contribution in [2.24, 2.45) is 11.3 Å². The number of nitrogens with zero attached hydrogens (tertiary/aromatic N) is 1. The zero-order valence-corrected chi connectivity index (χ0v) is 11.3. The molecular weight excluding hydrogens is 200 g/mol. The Morgan fingerprint density at radius 1 is 1.31 bits per heavy atom. The molecule has 0 aromatic heterocycles. The van der Waals surface area contributed by atoms with Crippen LogP contribution in [0.15, 0.2) is 0 Å². The van der Waals surface area contributed by atoms with Gasteiger partial charge in [-0.1, -0.05) is 13.8 Å². The molecule has 1 N–H and O–H groups in total. The summed E-state index contributed by atoms with van der Waals surface area (Å²) in [5, 5.41) is 3.31. The highest BCUT2D eigenvalue weighted by Gasteiger charge is 2.44. The van der Waals surface area contributed by atoms with Crippen LogP contribution in [-0.4, -0.2) is 37.0 Å². The summed E-state index contributed by atoms with van der Waals surface area (Å²) in [7, 11) is 1.87. The Kier molecular flexibility index (Phi) is 4.36. The molecule has 1 amide bonds. The van der Waals surface area contributed by atoms with Crippen LogP contribution in [0.5, 0.6) is 0 Å². The van der Waals surface area contributed by atoms with Gasteiger partial charge in [0.1, 0.15) is 0 Å². The topological polar surface area (TPSA) is 32.3 Å². The van der Waals surface area contributed by atoms with Crippen molar-refractivity contribution < 1.29 is 4.79 Å². The number of nitrogens with one attached hydrogen (secondary N) is 1. The first-order valence-corrected chi connectivity index (χ1v) is 6.35. The predicted octanol–water partition coefficient (Wildman–Crippen LogP) is 1.88. The fourth-order valence-electron chi connectivity index (χ4n) is 1.95. The van der Waals surface area contributed by atoms with E-state index in [2.05, 4.69) is 19.2 Å². The van der Waals surface area contributed by atoms with Crippen LogP contribution in [-0.2, 0) is 4.79 Å². The van der Waals surface area contributed by atoms with Gasteiger partial charge in [0.15, 0.2) is 0 Å². The van der Waals surface area contributed by atoms with Gasteiger partial charge >= 0.3 is 0 Å². The minimum Gasteiger partial charge on any atom is -0.342 e. The van der Waals surface area contributed by atoms with Crippen molar-refractivity contribution in [3.8, 4) is 0 Å². The Balaban J connectivity index is 2.23. The molecule has 1 aliphatic rings. The molecule has 0 unspecified atom stereocenters. The van der Waals surface area contributed by atoms with Crippen LogP contribution >= 0.6 is 0 Å². The van der Waals surface area contributed by atoms with E-state index in [0.717, 1.165) is 12.5 Å². The third-order valence-electron chi connectivity index (χ3n) is 4.04. The smallest absolute Gasteiger partial charge is 0.236 e. The van der Waals surface area contributed by atoms with Crippen molar-refractivity contribution in [3.63, 3.8) is 0 Å². The molecule has 3 nitrogen and oxygen atoms in total. The van der Waals surface area contributed by atoms with Crippen LogP contribution in [0, 0.1) is 11.3 Å². The van der Waals surface area contributed by atoms with Crippen molar-refractivity contribution in [1.29, 1.82) is 0 Å². The number of likely N-dealkylation sites (N-methyl/N-ethyl adjacent to an activating group) is 1. The van der Waals surface area contributed by atoms with Crippen LogP contribution in [0.25, 0.3) is 0 Å². The first-order chi connectivity index (χ1) is 7.39. The van der Waals surface area contributed by atoms with Gasteiger partial charge in [0.25, 0.3) is 0 Å². The Hall–Kier alpha value is -0.570. The third kappa shape index (κ3) is 3.21. The van der Waals surface area contributed by atoms with Crippen LogP contribution in [0.2, 0.25) is 0 Å². The van der Waals surface area contributed by atoms with Crippen LogP contribution < -0.4 is 5.32 Å². The standard InChI is InChI=1S/C13H26N2O/c1-10(2)13(6-7-13)9-14-8-12(16)15(5)11(3)4/h10-11,14H,6-9H2,1-5H3. The Bertz CT molecular complexity index is 244. The lowest BCUT2D eigenvalue weighted by Crippen LogP contribution is -2.41. The fraction of sp³-hybridized carbons (Fsp3) is 0.923. The molecule has 0 aliphatic heterocycles. The second kappa shape index (κ2) is 5.17. The highest BCUT2D eigenvalue weighted by atomic mass is 16.2. The molecule has 3 heteroatoms. The third-order valence-corrected chi connectivity index (χ3v) is 4.04. The van der Waals surface area contributed by atoms with Crippen molar-refractivity contribution in [2.45, 2.75) is 46.6 Å². The van der Waals surface area contributed by atoms with E-state index in [1.165, 1.54) is 12.8 Å². The van der Waals surface area contributed by atoms with Crippen molar-refractivity contribution in [3.05, 3.63) is 0 Å². The minimum atomic E-state index is 0.189. The van der Waals surface area contributed by atoms with Gasteiger partial charge in [-0.2, -0.15) is 0 Å². The van der Waals surface area contributed by atoms with Crippen LogP contribution in [0.3, 0.4) is 0 Å². The molecule has 1 aliphatic carbocycles. The van der Waals surface area contributed by atoms with Gasteiger partial charge in [0, 0.05) is 19.6 Å². The summed E-state index contributed by atoms with van der Waals surface area (Å²) in [6.45, 7) is 10.1. The summed E-state index contributed by atoms with van der Waals surface area (Å²) >= 11 is 0. The summed E-state index contributed by atoms with van der Waals surface area (Å²) in [6, 6.07) is 0.286. The van der Waals surface area contributed by atoms with E-state index in [0.29, 0.717) is 12.0 Å². The SMILES string of the molecule is CC(C)N(C)C(=O)CNCC1(C(C)C)CC1. The Labute approximate surface area is 99.6 Å². The molecule has 1 saturated carbocycles. The molecule has 0 heterocycles. The molecule has 1 fully saturated rings. The van der Waals surface area contributed by atoms with Gasteiger partial charge in [0.2, 0.25) is 5.91 Å². The van der Waals surface area contributed by atoms with E-state index in [1.54, 1.807) is 4.90 Å². The van der Waals surface area contributed by atoms with Gasteiger partial charge in [-0.15, -0.1) is 0 Å². The van der Waals surface area contributed by atoms with Gasteiger partial charge in [-0.3, -0.25) is 4.79 Å². The average Bonchev–Trinajstić information content (AvgIpc) is 2.97. The maximum absolute atomic E-state index is 11.7. The quantitative estimate of drug-likeness (QED) is 0.750. The van der Waals surface area contributed by atoms with E-state index in [9.17, 15) is 4.79 Å². The van der Waals surface area contributed by atoms with E-state index in [-0.39, 0.29) is 11.9 Å². The number of amides is 1. The molecule has 0 bridgehead atoms. The summed E-state index contributed by atoms with van der Waals surface area (Å²) < 4.78 is 0. The van der Waals surface area contributed by atoms with E-state index < -0.39 is 0 Å². The maximum atomic E-state index is 11.7. The zero-order valence-electron chi connectivity index (χ0n) is 11.3. The Morgan fingerprint density at radius 2 is 1.88 bits per heavy atom. The van der Waals surface area contributed by atoms with Gasteiger partial charge in [-0.25, -0.2) is 0 Å². The van der Waals surface area contributed by atoms with E-state index >= 15 is 0 Å². The average molecular weight is 226 g/mol. The van der Waals surface area contributed by atoms with Gasteiger partial charge in [0.05, 0.1) is 6.54 Å². The zero-order chi connectivity index (χ0) is 12.3. The number of hydrogen-bond acceptors (Lipinski definition) is 2. The number of carbonyl (C=O) groups is 1. The van der Waals surface area contributed by atoms with Gasteiger partial charge in [-0.05, 0) is 38.0 Å². The van der Waals surface area contributed by atoms with Crippen LogP contribution in [0.1, 0.15) is 40.5 Å². The second-order valence-corrected chi connectivity index (χ2v) is 5.72. The van der Waals surface area contributed by atoms with Crippen molar-refractivity contribution >= 4 is 5.91 Å². The summed E-state index contributed by atoms with van der Waals surface area (Å²) in [5.41, 5.74) is 0.483. The van der Waals surface area contributed by atoms with E-state index in [1.807, 2.05) is 20.9 Å². The normalized spacial score (nSPS) is 17.9. The van der Waals surface area contributed by atoms with Crippen molar-refractivity contribution in [1.82, 2.24) is 10.2 Å². The lowest BCUT2D eigenvalue weighted by Gasteiger charge is -2.24. The molecule has 0 atom stereocenters. The summed E-state index contributed by atoms with van der Waals surface area (Å²) in [6.07, 6.45) is 2.62. The van der Waals surface area contributed by atoms with Crippen LogP contribution in [0.4, 0.5) is 0 Å². The minimum absolute atomic E-state index is 0.189. The highest BCUT2D eigenvalue weighted by Crippen LogP contribution is 2.51. The predicted molar refractivity (Wildman–Crippen MR) is 67.3 cm³/mol. The first kappa shape index (κ1) is 13.5. The summed E-state index contributed by atoms with van der Waals surface area (Å²) in [4.78, 5) is 13.5. The largest absolute Gasteiger partial charge is 0.342 e. The maximum Gasteiger partial charge on any atom is 0.236 e. The first-order valence-electron chi connectivity index (χ1n) is 6.35. The molecule has 0 spiro atoms. The molecule has 1 rings (SSSR count). The molecule has 0 aromatic carbocycles. The molecule has 16 heavy (non-hydrogen) atoms.